The summed E-state index contributed by atoms with van der Waals surface area (Å²) in [6, 6.07) is 6.65. The molecule has 0 radical (unpaired) electrons. The first kappa shape index (κ1) is 16.7. The summed E-state index contributed by atoms with van der Waals surface area (Å²) >= 11 is 0. The molecule has 1 fully saturated rings. The lowest BCUT2D eigenvalue weighted by Gasteiger charge is -2.22. The number of hydrogen-bond donors (Lipinski definition) is 1. The molecule has 0 unspecified atom stereocenters. The van der Waals surface area contributed by atoms with Gasteiger partial charge in [-0.1, -0.05) is 12.1 Å². The van der Waals surface area contributed by atoms with Gasteiger partial charge in [0.2, 0.25) is 0 Å². The van der Waals surface area contributed by atoms with Crippen LogP contribution in [0.3, 0.4) is 0 Å². The van der Waals surface area contributed by atoms with Gasteiger partial charge in [-0.3, -0.25) is 4.99 Å². The average molecular weight is 307 g/mol. The van der Waals surface area contributed by atoms with Gasteiger partial charge in [0.25, 0.3) is 0 Å². The largest absolute Gasteiger partial charge is 0.381 e. The fraction of sp³-hybridized carbons (Fsp3) is 0.588. The molecule has 0 atom stereocenters. The zero-order chi connectivity index (χ0) is 15.8. The van der Waals surface area contributed by atoms with Crippen molar-refractivity contribution in [1.82, 2.24) is 10.2 Å². The zero-order valence-electron chi connectivity index (χ0n) is 13.5. The van der Waals surface area contributed by atoms with Crippen molar-refractivity contribution in [3.05, 3.63) is 35.6 Å². The van der Waals surface area contributed by atoms with Gasteiger partial charge in [0, 0.05) is 40.4 Å². The van der Waals surface area contributed by atoms with E-state index in [1.165, 1.54) is 18.9 Å². The van der Waals surface area contributed by atoms with E-state index >= 15 is 0 Å². The van der Waals surface area contributed by atoms with E-state index in [-0.39, 0.29) is 5.82 Å². The monoisotopic (exact) mass is 307 g/mol. The third-order valence-corrected chi connectivity index (χ3v) is 3.68. The maximum Gasteiger partial charge on any atom is 0.193 e. The average Bonchev–Trinajstić information content (AvgIpc) is 3.30. The Labute approximate surface area is 132 Å². The Balaban J connectivity index is 1.66. The van der Waals surface area contributed by atoms with E-state index in [4.69, 9.17) is 4.74 Å². The number of aliphatic imine (C=N–C) groups is 1. The summed E-state index contributed by atoms with van der Waals surface area (Å²) in [6.45, 7) is 3.14. The van der Waals surface area contributed by atoms with Crippen LogP contribution in [0.2, 0.25) is 0 Å². The normalized spacial score (nSPS) is 15.0. The number of ether oxygens (including phenoxy) is 1. The third kappa shape index (κ3) is 6.02. The van der Waals surface area contributed by atoms with Crippen molar-refractivity contribution >= 4 is 5.96 Å². The lowest BCUT2D eigenvalue weighted by atomic mass is 10.2. The highest BCUT2D eigenvalue weighted by Gasteiger charge is 2.20. The van der Waals surface area contributed by atoms with Crippen molar-refractivity contribution in [3.8, 4) is 0 Å². The molecule has 4 nitrogen and oxygen atoms in total. The van der Waals surface area contributed by atoms with Crippen LogP contribution in [0.5, 0.6) is 0 Å². The van der Waals surface area contributed by atoms with Gasteiger partial charge in [0.15, 0.2) is 5.96 Å². The number of nitrogens with zero attached hydrogens (tertiary/aromatic N) is 2. The highest BCUT2D eigenvalue weighted by molar-refractivity contribution is 5.79. The molecular weight excluding hydrogens is 281 g/mol. The number of benzene rings is 1. The summed E-state index contributed by atoms with van der Waals surface area (Å²) in [5.74, 6) is 1.42. The predicted molar refractivity (Wildman–Crippen MR) is 87.4 cm³/mol. The summed E-state index contributed by atoms with van der Waals surface area (Å²) in [5.41, 5.74) is 0.929. The molecule has 1 saturated carbocycles. The summed E-state index contributed by atoms with van der Waals surface area (Å²) < 4.78 is 18.8. The number of hydrogen-bond acceptors (Lipinski definition) is 2. The molecule has 0 amide bonds. The number of nitrogens with one attached hydrogen (secondary N) is 1. The smallest absolute Gasteiger partial charge is 0.193 e. The van der Waals surface area contributed by atoms with E-state index in [2.05, 4.69) is 10.3 Å². The minimum atomic E-state index is -0.207. The van der Waals surface area contributed by atoms with Gasteiger partial charge in [0.05, 0.1) is 0 Å². The first-order valence-electron chi connectivity index (χ1n) is 7.93. The fourth-order valence-electron chi connectivity index (χ4n) is 2.28. The molecule has 1 aromatic carbocycles. The van der Waals surface area contributed by atoms with Gasteiger partial charge < -0.3 is 15.0 Å². The Bertz CT molecular complexity index is 489. The van der Waals surface area contributed by atoms with Gasteiger partial charge in [-0.05, 0) is 42.9 Å². The van der Waals surface area contributed by atoms with Crippen molar-refractivity contribution < 1.29 is 9.13 Å². The Hall–Kier alpha value is -1.62. The molecule has 0 spiro atoms. The summed E-state index contributed by atoms with van der Waals surface area (Å²) in [5, 5.41) is 3.31. The number of guanidine groups is 1. The third-order valence-electron chi connectivity index (χ3n) is 3.68. The molecule has 22 heavy (non-hydrogen) atoms. The van der Waals surface area contributed by atoms with E-state index in [9.17, 15) is 4.39 Å². The van der Waals surface area contributed by atoms with E-state index in [1.54, 1.807) is 19.2 Å². The topological polar surface area (TPSA) is 36.9 Å². The van der Waals surface area contributed by atoms with Gasteiger partial charge >= 0.3 is 0 Å². The van der Waals surface area contributed by atoms with Gasteiger partial charge in [-0.15, -0.1) is 0 Å². The standard InChI is InChI=1S/C17H26FN3O/c1-19-17(20-9-4-10-22-13-14-7-8-14)21(2)12-15-5-3-6-16(18)11-15/h3,5-6,11,14H,4,7-10,12-13H2,1-2H3,(H,19,20). The molecule has 0 aliphatic heterocycles. The molecular formula is C17H26FN3O. The van der Waals surface area contributed by atoms with Crippen molar-refractivity contribution in [2.24, 2.45) is 10.9 Å². The molecule has 1 aliphatic carbocycles. The van der Waals surface area contributed by atoms with Crippen LogP contribution in [-0.2, 0) is 11.3 Å². The summed E-state index contributed by atoms with van der Waals surface area (Å²) in [6.07, 6.45) is 3.62. The molecule has 1 aliphatic rings. The highest BCUT2D eigenvalue weighted by Crippen LogP contribution is 2.28. The van der Waals surface area contributed by atoms with Crippen LogP contribution in [0.15, 0.2) is 29.3 Å². The number of rotatable bonds is 8. The van der Waals surface area contributed by atoms with Crippen LogP contribution in [-0.4, -0.2) is 44.7 Å². The minimum absolute atomic E-state index is 0.207. The van der Waals surface area contributed by atoms with Crippen LogP contribution in [0.25, 0.3) is 0 Å². The molecule has 0 bridgehead atoms. The lowest BCUT2D eigenvalue weighted by Crippen LogP contribution is -2.39. The fourth-order valence-corrected chi connectivity index (χ4v) is 2.28. The second-order valence-corrected chi connectivity index (χ2v) is 5.83. The Morgan fingerprint density at radius 3 is 2.95 bits per heavy atom. The molecule has 1 N–H and O–H groups in total. The van der Waals surface area contributed by atoms with Gasteiger partial charge in [-0.2, -0.15) is 0 Å². The first-order valence-corrected chi connectivity index (χ1v) is 7.93. The number of halogens is 1. The van der Waals surface area contributed by atoms with Crippen LogP contribution in [0.1, 0.15) is 24.8 Å². The van der Waals surface area contributed by atoms with E-state index in [1.807, 2.05) is 18.0 Å². The molecule has 0 heterocycles. The summed E-state index contributed by atoms with van der Waals surface area (Å²) in [7, 11) is 3.71. The Kier molecular flexibility index (Phi) is 6.65. The van der Waals surface area contributed by atoms with Crippen LogP contribution in [0, 0.1) is 11.7 Å². The second-order valence-electron chi connectivity index (χ2n) is 5.83. The summed E-state index contributed by atoms with van der Waals surface area (Å²) in [4.78, 5) is 6.25. The van der Waals surface area contributed by atoms with Crippen LogP contribution >= 0.6 is 0 Å². The SMILES string of the molecule is CN=C(NCCCOCC1CC1)N(C)Cc1cccc(F)c1. The molecule has 5 heteroatoms. The van der Waals surface area contributed by atoms with Crippen LogP contribution in [0.4, 0.5) is 4.39 Å². The lowest BCUT2D eigenvalue weighted by molar-refractivity contribution is 0.122. The molecule has 1 aromatic rings. The van der Waals surface area contributed by atoms with Crippen molar-refractivity contribution in [2.75, 3.05) is 33.9 Å². The molecule has 122 valence electrons. The first-order chi connectivity index (χ1) is 10.7. The van der Waals surface area contributed by atoms with Crippen molar-refractivity contribution in [1.29, 1.82) is 0 Å². The maximum atomic E-state index is 13.2. The van der Waals surface area contributed by atoms with Crippen molar-refractivity contribution in [2.45, 2.75) is 25.8 Å². The molecule has 2 rings (SSSR count). The van der Waals surface area contributed by atoms with Crippen LogP contribution < -0.4 is 5.32 Å². The Morgan fingerprint density at radius 1 is 1.45 bits per heavy atom. The van der Waals surface area contributed by atoms with E-state index < -0.39 is 0 Å². The van der Waals surface area contributed by atoms with Gasteiger partial charge in [0.1, 0.15) is 5.82 Å². The van der Waals surface area contributed by atoms with E-state index in [0.717, 1.165) is 43.6 Å². The molecule has 0 saturated heterocycles. The maximum absolute atomic E-state index is 13.2. The zero-order valence-corrected chi connectivity index (χ0v) is 13.5. The van der Waals surface area contributed by atoms with Crippen molar-refractivity contribution in [3.63, 3.8) is 0 Å². The highest BCUT2D eigenvalue weighted by atomic mass is 19.1. The van der Waals surface area contributed by atoms with E-state index in [0.29, 0.717) is 6.54 Å². The second kappa shape index (κ2) is 8.73. The predicted octanol–water partition coefficient (Wildman–Crippen LogP) is 2.65. The Morgan fingerprint density at radius 2 is 2.27 bits per heavy atom. The minimum Gasteiger partial charge on any atom is -0.381 e. The quantitative estimate of drug-likeness (QED) is 0.456. The molecule has 0 aromatic heterocycles. The van der Waals surface area contributed by atoms with Gasteiger partial charge in [-0.25, -0.2) is 4.39 Å².